The van der Waals surface area contributed by atoms with Crippen molar-refractivity contribution in [2.45, 2.75) is 26.3 Å². The first-order valence-corrected chi connectivity index (χ1v) is 8.46. The lowest BCUT2D eigenvalue weighted by Crippen LogP contribution is -2.20. The predicted octanol–water partition coefficient (Wildman–Crippen LogP) is 3.10. The van der Waals surface area contributed by atoms with Crippen molar-refractivity contribution < 1.29 is 9.18 Å². The van der Waals surface area contributed by atoms with Crippen molar-refractivity contribution in [3.05, 3.63) is 56.7 Å². The third-order valence-corrected chi connectivity index (χ3v) is 5.42. The normalized spacial score (nSPS) is 13.2. The molecule has 1 aliphatic rings. The molecule has 4 rings (SSSR count). The lowest BCUT2D eigenvalue weighted by molar-refractivity contribution is 0.102. The number of nitrogens with zero attached hydrogens (tertiary/aromatic N) is 2. The highest BCUT2D eigenvalue weighted by Crippen LogP contribution is 2.29. The zero-order valence-corrected chi connectivity index (χ0v) is 13.7. The van der Waals surface area contributed by atoms with Crippen LogP contribution in [0.3, 0.4) is 0 Å². The number of para-hydroxylation sites is 1. The number of halogens is 1. The van der Waals surface area contributed by atoms with Crippen molar-refractivity contribution in [2.24, 2.45) is 0 Å². The number of aryl methyl sites for hydroxylation is 2. The van der Waals surface area contributed by atoms with Gasteiger partial charge in [0.25, 0.3) is 11.5 Å². The number of thiophene rings is 1. The van der Waals surface area contributed by atoms with Crippen molar-refractivity contribution in [2.75, 3.05) is 5.32 Å². The standard InChI is InChI=1S/C17H14FN3O2S/c1-9-13-16(20-12-7-4-8-21(12)17(13)23)24-14(9)15(22)19-11-6-3-2-5-10(11)18/h2-3,5-6H,4,7-8H2,1H3,(H,19,22). The summed E-state index contributed by atoms with van der Waals surface area (Å²) in [6.07, 6.45) is 1.69. The first-order chi connectivity index (χ1) is 11.6. The Morgan fingerprint density at radius 3 is 2.96 bits per heavy atom. The fraction of sp³-hybridized carbons (Fsp3) is 0.235. The molecule has 1 aliphatic heterocycles. The van der Waals surface area contributed by atoms with Gasteiger partial charge in [-0.05, 0) is 31.0 Å². The lowest BCUT2D eigenvalue weighted by atomic mass is 10.2. The van der Waals surface area contributed by atoms with Crippen LogP contribution in [-0.4, -0.2) is 15.5 Å². The summed E-state index contributed by atoms with van der Waals surface area (Å²) in [4.78, 5) is 30.6. The highest BCUT2D eigenvalue weighted by atomic mass is 32.1. The molecule has 24 heavy (non-hydrogen) atoms. The van der Waals surface area contributed by atoms with E-state index in [1.54, 1.807) is 23.6 Å². The van der Waals surface area contributed by atoms with E-state index in [1.807, 2.05) is 0 Å². The van der Waals surface area contributed by atoms with Crippen LogP contribution in [0, 0.1) is 12.7 Å². The molecule has 0 aliphatic carbocycles. The van der Waals surface area contributed by atoms with Gasteiger partial charge in [-0.25, -0.2) is 9.37 Å². The number of nitrogens with one attached hydrogen (secondary N) is 1. The molecule has 0 spiro atoms. The molecule has 1 amide bonds. The van der Waals surface area contributed by atoms with Crippen molar-refractivity contribution >= 4 is 33.1 Å². The number of amides is 1. The van der Waals surface area contributed by atoms with Crippen LogP contribution in [-0.2, 0) is 13.0 Å². The molecule has 0 unspecified atom stereocenters. The van der Waals surface area contributed by atoms with Gasteiger partial charge in [0.2, 0.25) is 0 Å². The van der Waals surface area contributed by atoms with Gasteiger partial charge in [0.1, 0.15) is 16.5 Å². The van der Waals surface area contributed by atoms with Gasteiger partial charge in [-0.1, -0.05) is 12.1 Å². The molecule has 2 aromatic heterocycles. The van der Waals surface area contributed by atoms with E-state index in [4.69, 9.17) is 0 Å². The van der Waals surface area contributed by atoms with Crippen LogP contribution in [0.15, 0.2) is 29.1 Å². The van der Waals surface area contributed by atoms with E-state index in [0.717, 1.165) is 18.7 Å². The molecule has 5 nitrogen and oxygen atoms in total. The Morgan fingerprint density at radius 2 is 2.17 bits per heavy atom. The van der Waals surface area contributed by atoms with E-state index in [-0.39, 0.29) is 11.2 Å². The van der Waals surface area contributed by atoms with E-state index in [2.05, 4.69) is 10.3 Å². The summed E-state index contributed by atoms with van der Waals surface area (Å²) < 4.78 is 15.4. The summed E-state index contributed by atoms with van der Waals surface area (Å²) in [5.41, 5.74) is 0.626. The zero-order chi connectivity index (χ0) is 16.8. The Hall–Kier alpha value is -2.54. The van der Waals surface area contributed by atoms with Crippen LogP contribution in [0.25, 0.3) is 10.2 Å². The smallest absolute Gasteiger partial charge is 0.266 e. The van der Waals surface area contributed by atoms with Crippen molar-refractivity contribution in [1.82, 2.24) is 9.55 Å². The van der Waals surface area contributed by atoms with Gasteiger partial charge in [0, 0.05) is 13.0 Å². The number of carbonyl (C=O) groups is 1. The molecule has 0 fully saturated rings. The fourth-order valence-electron chi connectivity index (χ4n) is 3.03. The molecule has 122 valence electrons. The maximum atomic E-state index is 13.7. The molecule has 0 saturated carbocycles. The minimum Gasteiger partial charge on any atom is -0.319 e. The minimum atomic E-state index is -0.498. The quantitative estimate of drug-likeness (QED) is 0.778. The summed E-state index contributed by atoms with van der Waals surface area (Å²) in [6.45, 7) is 2.41. The highest BCUT2D eigenvalue weighted by Gasteiger charge is 2.23. The van der Waals surface area contributed by atoms with E-state index in [9.17, 15) is 14.0 Å². The first-order valence-electron chi connectivity index (χ1n) is 7.65. The second kappa shape index (κ2) is 5.52. The van der Waals surface area contributed by atoms with Crippen LogP contribution in [0.2, 0.25) is 0 Å². The molecule has 1 N–H and O–H groups in total. The molecule has 0 bridgehead atoms. The molecule has 7 heteroatoms. The van der Waals surface area contributed by atoms with Gasteiger partial charge in [-0.2, -0.15) is 0 Å². The average Bonchev–Trinajstić information content (AvgIpc) is 3.15. The molecule has 0 atom stereocenters. The zero-order valence-electron chi connectivity index (χ0n) is 12.9. The largest absolute Gasteiger partial charge is 0.319 e. The molecule has 3 aromatic rings. The Morgan fingerprint density at radius 1 is 1.38 bits per heavy atom. The summed E-state index contributed by atoms with van der Waals surface area (Å²) in [5, 5.41) is 3.05. The Balaban J connectivity index is 1.79. The SMILES string of the molecule is Cc1c(C(=O)Nc2ccccc2F)sc2nc3n(c(=O)c12)CCC3. The molecule has 1 aromatic carbocycles. The topological polar surface area (TPSA) is 64.0 Å². The summed E-state index contributed by atoms with van der Waals surface area (Å²) in [7, 11) is 0. The number of hydrogen-bond donors (Lipinski definition) is 1. The van der Waals surface area contributed by atoms with Gasteiger partial charge < -0.3 is 5.32 Å². The fourth-order valence-corrected chi connectivity index (χ4v) is 4.12. The predicted molar refractivity (Wildman–Crippen MR) is 91.3 cm³/mol. The second-order valence-corrected chi connectivity index (χ2v) is 6.76. The van der Waals surface area contributed by atoms with Crippen LogP contribution in [0.5, 0.6) is 0 Å². The summed E-state index contributed by atoms with van der Waals surface area (Å²) in [5.74, 6) is -0.151. The van der Waals surface area contributed by atoms with E-state index < -0.39 is 11.7 Å². The highest BCUT2D eigenvalue weighted by molar-refractivity contribution is 7.20. The van der Waals surface area contributed by atoms with Gasteiger partial charge in [-0.3, -0.25) is 14.2 Å². The Kier molecular flexibility index (Phi) is 3.45. The van der Waals surface area contributed by atoms with E-state index in [0.29, 0.717) is 27.2 Å². The Bertz CT molecular complexity index is 1040. The second-order valence-electron chi connectivity index (χ2n) is 5.76. The Labute approximate surface area is 140 Å². The molecule has 0 saturated heterocycles. The van der Waals surface area contributed by atoms with E-state index >= 15 is 0 Å². The van der Waals surface area contributed by atoms with Crippen LogP contribution in [0.1, 0.15) is 27.5 Å². The number of fused-ring (bicyclic) bond motifs is 2. The van der Waals surface area contributed by atoms with Crippen molar-refractivity contribution in [3.8, 4) is 0 Å². The van der Waals surface area contributed by atoms with Gasteiger partial charge >= 0.3 is 0 Å². The third-order valence-electron chi connectivity index (χ3n) is 4.24. The van der Waals surface area contributed by atoms with Crippen LogP contribution in [0.4, 0.5) is 10.1 Å². The molecular weight excluding hydrogens is 329 g/mol. The van der Waals surface area contributed by atoms with Crippen molar-refractivity contribution in [3.63, 3.8) is 0 Å². The van der Waals surface area contributed by atoms with Crippen LogP contribution < -0.4 is 10.9 Å². The lowest BCUT2D eigenvalue weighted by Gasteiger charge is -2.05. The molecule has 0 radical (unpaired) electrons. The minimum absolute atomic E-state index is 0.0915. The van der Waals surface area contributed by atoms with E-state index in [1.165, 1.54) is 23.5 Å². The summed E-state index contributed by atoms with van der Waals surface area (Å²) >= 11 is 1.18. The van der Waals surface area contributed by atoms with Gasteiger partial charge in [0.15, 0.2) is 0 Å². The average molecular weight is 343 g/mol. The summed E-state index contributed by atoms with van der Waals surface area (Å²) in [6, 6.07) is 5.99. The first kappa shape index (κ1) is 15.0. The number of benzene rings is 1. The molecular formula is C17H14FN3O2S. The monoisotopic (exact) mass is 343 g/mol. The number of rotatable bonds is 2. The number of carbonyl (C=O) groups excluding carboxylic acids is 1. The maximum Gasteiger partial charge on any atom is 0.266 e. The number of anilines is 1. The van der Waals surface area contributed by atoms with Crippen LogP contribution >= 0.6 is 11.3 Å². The maximum absolute atomic E-state index is 13.7. The number of hydrogen-bond acceptors (Lipinski definition) is 4. The molecule has 3 heterocycles. The number of aromatic nitrogens is 2. The van der Waals surface area contributed by atoms with Gasteiger partial charge in [-0.15, -0.1) is 11.3 Å². The third kappa shape index (κ3) is 2.24. The van der Waals surface area contributed by atoms with Crippen molar-refractivity contribution in [1.29, 1.82) is 0 Å². The van der Waals surface area contributed by atoms with Gasteiger partial charge in [0.05, 0.1) is 16.0 Å².